The van der Waals surface area contributed by atoms with Crippen LogP contribution in [-0.4, -0.2) is 77.0 Å². The highest BCUT2D eigenvalue weighted by Crippen LogP contribution is 2.34. The third-order valence-corrected chi connectivity index (χ3v) is 10.1. The summed E-state index contributed by atoms with van der Waals surface area (Å²) in [7, 11) is 0. The van der Waals surface area contributed by atoms with Crippen LogP contribution >= 0.6 is 0 Å². The molecule has 14 heteroatoms. The molecule has 2 unspecified atom stereocenters. The largest absolute Gasteiger partial charge is 0.465 e. The third-order valence-electron chi connectivity index (χ3n) is 10.1. The topological polar surface area (TPSA) is 197 Å². The molecule has 4 amide bonds. The molecule has 2 fully saturated rings. The van der Waals surface area contributed by atoms with Gasteiger partial charge in [-0.3, -0.25) is 9.59 Å². The van der Waals surface area contributed by atoms with Crippen LogP contribution in [0.1, 0.15) is 95.1 Å². The molecule has 2 saturated heterocycles. The Morgan fingerprint density at radius 1 is 0.607 bits per heavy atom. The highest BCUT2D eigenvalue weighted by atomic mass is 16.4. The van der Waals surface area contributed by atoms with Crippen LogP contribution in [0, 0.1) is 0 Å². The molecule has 0 saturated carbocycles. The Labute approximate surface area is 323 Å². The second-order valence-corrected chi connectivity index (χ2v) is 13.7. The van der Waals surface area contributed by atoms with E-state index in [1.807, 2.05) is 60.7 Å². The second-order valence-electron chi connectivity index (χ2n) is 13.7. The summed E-state index contributed by atoms with van der Waals surface area (Å²) in [5.74, 6) is 0.681. The number of carbonyl (C=O) groups excluding carboxylic acids is 2. The van der Waals surface area contributed by atoms with Crippen LogP contribution in [0.3, 0.4) is 0 Å². The van der Waals surface area contributed by atoms with Gasteiger partial charge in [0.2, 0.25) is 0 Å². The van der Waals surface area contributed by atoms with Crippen molar-refractivity contribution in [2.24, 2.45) is 0 Å². The second kappa shape index (κ2) is 17.0. The first kappa shape index (κ1) is 37.4. The minimum atomic E-state index is -1.26. The van der Waals surface area contributed by atoms with E-state index in [9.17, 15) is 29.4 Å². The van der Waals surface area contributed by atoms with E-state index >= 15 is 0 Å². The molecule has 0 bridgehead atoms. The maximum atomic E-state index is 13.6. The molecule has 0 aliphatic carbocycles. The average Bonchev–Trinajstić information content (AvgIpc) is 4.05. The van der Waals surface area contributed by atoms with E-state index in [0.29, 0.717) is 48.7 Å². The number of hydrogen-bond acceptors (Lipinski definition) is 6. The van der Waals surface area contributed by atoms with E-state index < -0.39 is 24.3 Å². The number of hydrogen-bond donors (Lipinski definition) is 6. The van der Waals surface area contributed by atoms with Gasteiger partial charge in [0.1, 0.15) is 23.7 Å². The quantitative estimate of drug-likeness (QED) is 0.0798. The van der Waals surface area contributed by atoms with Crippen molar-refractivity contribution in [3.05, 3.63) is 143 Å². The van der Waals surface area contributed by atoms with Gasteiger partial charge in [0, 0.05) is 13.1 Å². The zero-order chi connectivity index (χ0) is 39.0. The lowest BCUT2D eigenvalue weighted by atomic mass is 10.1. The van der Waals surface area contributed by atoms with Crippen molar-refractivity contribution in [2.45, 2.75) is 49.9 Å². The highest BCUT2D eigenvalue weighted by molar-refractivity contribution is 5.88. The Hall–Kier alpha value is -6.96. The number of rotatable bonds is 12. The number of benzene rings is 3. The first-order valence-electron chi connectivity index (χ1n) is 18.5. The van der Waals surface area contributed by atoms with Crippen LogP contribution < -0.4 is 10.6 Å². The maximum absolute atomic E-state index is 13.6. The van der Waals surface area contributed by atoms with Crippen molar-refractivity contribution < 1.29 is 29.4 Å². The molecule has 4 heterocycles. The molecular formula is C42H42N8O6. The first-order valence-corrected chi connectivity index (χ1v) is 18.5. The van der Waals surface area contributed by atoms with E-state index in [4.69, 9.17) is 0 Å². The van der Waals surface area contributed by atoms with E-state index in [1.165, 1.54) is 0 Å². The maximum Gasteiger partial charge on any atom is 0.405 e. The summed E-state index contributed by atoms with van der Waals surface area (Å²) >= 11 is 0. The monoisotopic (exact) mass is 754 g/mol. The Kier molecular flexibility index (Phi) is 11.4. The number of aromatic nitrogens is 4. The molecule has 6 N–H and O–H groups in total. The molecule has 4 atom stereocenters. The summed E-state index contributed by atoms with van der Waals surface area (Å²) in [5.41, 5.74) is 4.66. The van der Waals surface area contributed by atoms with Crippen molar-refractivity contribution in [2.75, 3.05) is 13.1 Å². The predicted molar refractivity (Wildman–Crippen MR) is 210 cm³/mol. The van der Waals surface area contributed by atoms with E-state index in [-0.39, 0.29) is 23.9 Å². The number of H-pyrrole nitrogens is 2. The van der Waals surface area contributed by atoms with Gasteiger partial charge >= 0.3 is 12.2 Å². The minimum Gasteiger partial charge on any atom is -0.465 e. The van der Waals surface area contributed by atoms with Crippen LogP contribution in [0.4, 0.5) is 9.59 Å². The van der Waals surface area contributed by atoms with Gasteiger partial charge in [-0.15, -0.1) is 0 Å². The molecule has 2 aromatic heterocycles. The Bertz CT molecular complexity index is 2060. The number of carboxylic acid groups (broad SMARTS) is 2. The summed E-state index contributed by atoms with van der Waals surface area (Å²) in [6, 6.07) is 23.1. The highest BCUT2D eigenvalue weighted by Gasteiger charge is 2.38. The van der Waals surface area contributed by atoms with Crippen molar-refractivity contribution in [1.29, 1.82) is 0 Å². The van der Waals surface area contributed by atoms with Gasteiger partial charge in [-0.1, -0.05) is 97.1 Å². The van der Waals surface area contributed by atoms with Crippen LogP contribution in [0.25, 0.3) is 24.3 Å². The summed E-state index contributed by atoms with van der Waals surface area (Å²) in [5, 5.41) is 23.6. The summed E-state index contributed by atoms with van der Waals surface area (Å²) in [6.45, 7) is 1.01. The lowest BCUT2D eigenvalue weighted by molar-refractivity contribution is -0.135. The fraction of sp³-hybridized carbons (Fsp3) is 0.238. The lowest BCUT2D eigenvalue weighted by Crippen LogP contribution is -2.42. The van der Waals surface area contributed by atoms with Gasteiger partial charge in [-0.25, -0.2) is 19.6 Å². The van der Waals surface area contributed by atoms with Gasteiger partial charge in [-0.2, -0.15) is 0 Å². The van der Waals surface area contributed by atoms with Gasteiger partial charge < -0.3 is 40.6 Å². The Balaban J connectivity index is 0.963. The van der Waals surface area contributed by atoms with Gasteiger partial charge in [-0.05, 0) is 60.1 Å². The number of aromatic amines is 2. The number of amides is 4. The molecule has 0 radical (unpaired) electrons. The molecule has 2 aliphatic rings. The number of nitrogens with zero attached hydrogens (tertiary/aromatic N) is 4. The fourth-order valence-electron chi connectivity index (χ4n) is 7.38. The van der Waals surface area contributed by atoms with Crippen molar-refractivity contribution in [3.63, 3.8) is 0 Å². The molecular weight excluding hydrogens is 713 g/mol. The zero-order valence-electron chi connectivity index (χ0n) is 30.4. The van der Waals surface area contributed by atoms with E-state index in [0.717, 1.165) is 35.4 Å². The SMILES string of the molecule is O=C(O)NC(C(=O)N1CCCC1c1ncc(/C=C/c2ccc(/C=C/c3cnc([C@@H]4CCCN4C(=O)[C@H](NC(=O)O)c4ccccc4)[nH]3)cc2)[nH]1)c1ccccc1. The van der Waals surface area contributed by atoms with Crippen molar-refractivity contribution in [3.8, 4) is 0 Å². The van der Waals surface area contributed by atoms with Crippen LogP contribution in [-0.2, 0) is 9.59 Å². The Morgan fingerprint density at radius 3 is 1.38 bits per heavy atom. The van der Waals surface area contributed by atoms with Gasteiger partial charge in [0.25, 0.3) is 11.8 Å². The normalized spacial score (nSPS) is 18.0. The predicted octanol–water partition coefficient (Wildman–Crippen LogP) is 6.82. The molecule has 0 spiro atoms. The summed E-state index contributed by atoms with van der Waals surface area (Å²) in [4.78, 5) is 69.6. The van der Waals surface area contributed by atoms with Crippen LogP contribution in [0.15, 0.2) is 97.3 Å². The minimum absolute atomic E-state index is 0.295. The molecule has 3 aromatic carbocycles. The molecule has 56 heavy (non-hydrogen) atoms. The number of likely N-dealkylation sites (tertiary alicyclic amines) is 2. The number of carbonyl (C=O) groups is 4. The smallest absolute Gasteiger partial charge is 0.405 e. The van der Waals surface area contributed by atoms with Gasteiger partial charge in [0.05, 0.1) is 35.9 Å². The third kappa shape index (κ3) is 8.70. The van der Waals surface area contributed by atoms with Gasteiger partial charge in [0.15, 0.2) is 0 Å². The van der Waals surface area contributed by atoms with Crippen LogP contribution in [0.2, 0.25) is 0 Å². The zero-order valence-corrected chi connectivity index (χ0v) is 30.4. The molecule has 286 valence electrons. The molecule has 7 rings (SSSR count). The summed E-state index contributed by atoms with van der Waals surface area (Å²) in [6.07, 6.45) is 11.7. The molecule has 2 aliphatic heterocycles. The molecule has 14 nitrogen and oxygen atoms in total. The van der Waals surface area contributed by atoms with Crippen molar-refractivity contribution in [1.82, 2.24) is 40.4 Å². The standard InChI is InChI=1S/C42H42N8O6/c51-39(35(47-41(53)54)29-9-3-1-4-10-29)49-23-7-13-33(49)37-43-25-31(45-37)21-19-27-15-17-28(18-16-27)20-22-32-26-44-38(46-32)34-14-8-24-50(34)40(52)36(48-42(55)56)30-11-5-2-6-12-30/h1-6,9-12,15-22,25-26,33-36,47-48H,7-8,13-14,23-24H2,(H,43,45)(H,44,46)(H,53,54)(H,55,56)/b21-19+,22-20+/t33-,34?,35+,36?/m0/s1. The fourth-order valence-corrected chi connectivity index (χ4v) is 7.38. The number of nitrogens with one attached hydrogen (secondary N) is 4. The summed E-state index contributed by atoms with van der Waals surface area (Å²) < 4.78 is 0. The Morgan fingerprint density at radius 2 is 1.00 bits per heavy atom. The molecule has 5 aromatic rings. The van der Waals surface area contributed by atoms with E-state index in [1.54, 1.807) is 70.7 Å². The average molecular weight is 755 g/mol. The lowest BCUT2D eigenvalue weighted by Gasteiger charge is -2.28. The number of imidazole rings is 2. The van der Waals surface area contributed by atoms with E-state index in [2.05, 4.69) is 30.6 Å². The van der Waals surface area contributed by atoms with Crippen LogP contribution in [0.5, 0.6) is 0 Å². The van der Waals surface area contributed by atoms with Crippen molar-refractivity contribution >= 4 is 48.3 Å². The first-order chi connectivity index (χ1) is 27.2.